The zero-order valence-electron chi connectivity index (χ0n) is 11.4. The molecule has 0 bridgehead atoms. The van der Waals surface area contributed by atoms with Crippen LogP contribution < -0.4 is 5.73 Å². The van der Waals surface area contributed by atoms with Gasteiger partial charge in [-0.25, -0.2) is 0 Å². The molecule has 0 unspecified atom stereocenters. The minimum atomic E-state index is 0.239. The lowest BCUT2D eigenvalue weighted by Crippen LogP contribution is -2.43. The van der Waals surface area contributed by atoms with Crippen molar-refractivity contribution >= 4 is 0 Å². The highest BCUT2D eigenvalue weighted by Gasteiger charge is 2.29. The van der Waals surface area contributed by atoms with Crippen LogP contribution in [-0.4, -0.2) is 31.1 Å². The van der Waals surface area contributed by atoms with E-state index in [4.69, 9.17) is 5.73 Å². The lowest BCUT2D eigenvalue weighted by atomic mass is 9.79. The van der Waals surface area contributed by atoms with Gasteiger partial charge in [0, 0.05) is 5.54 Å². The van der Waals surface area contributed by atoms with Gasteiger partial charge in [0.15, 0.2) is 0 Å². The van der Waals surface area contributed by atoms with Crippen molar-refractivity contribution in [1.82, 2.24) is 4.90 Å². The van der Waals surface area contributed by atoms with Gasteiger partial charge in [-0.1, -0.05) is 27.7 Å². The van der Waals surface area contributed by atoms with Crippen LogP contribution in [0.4, 0.5) is 0 Å². The van der Waals surface area contributed by atoms with Crippen LogP contribution in [0.15, 0.2) is 0 Å². The standard InChI is InChI=1S/C10H24N2.C2H6/c1-9(2,8-11)7-10(3,4)12(5)6;1-2/h7-8,11H2,1-6H3;1-2H3. The maximum Gasteiger partial charge on any atom is 0.0152 e. The van der Waals surface area contributed by atoms with Crippen molar-refractivity contribution in [1.29, 1.82) is 0 Å². The van der Waals surface area contributed by atoms with Gasteiger partial charge in [-0.05, 0) is 46.3 Å². The van der Waals surface area contributed by atoms with Crippen LogP contribution in [0, 0.1) is 5.41 Å². The average Bonchev–Trinajstić information content (AvgIpc) is 2.06. The summed E-state index contributed by atoms with van der Waals surface area (Å²) in [5.41, 5.74) is 6.18. The summed E-state index contributed by atoms with van der Waals surface area (Å²) in [6.07, 6.45) is 1.13. The SMILES string of the molecule is CC.CN(C)C(C)(C)CC(C)(C)CN. The maximum atomic E-state index is 5.70. The second kappa shape index (κ2) is 6.41. The second-order valence-electron chi connectivity index (χ2n) is 5.25. The van der Waals surface area contributed by atoms with Gasteiger partial charge in [-0.2, -0.15) is 0 Å². The number of nitrogens with two attached hydrogens (primary N) is 1. The molecule has 2 heteroatoms. The Balaban J connectivity index is 0. The minimum absolute atomic E-state index is 0.239. The highest BCUT2D eigenvalue weighted by Crippen LogP contribution is 2.29. The first kappa shape index (κ1) is 16.4. The molecule has 0 aromatic rings. The van der Waals surface area contributed by atoms with E-state index in [9.17, 15) is 0 Å². The molecule has 0 aromatic carbocycles. The van der Waals surface area contributed by atoms with Gasteiger partial charge in [0.25, 0.3) is 0 Å². The van der Waals surface area contributed by atoms with E-state index in [1.54, 1.807) is 0 Å². The predicted molar refractivity (Wildman–Crippen MR) is 66.6 cm³/mol. The highest BCUT2D eigenvalue weighted by atomic mass is 15.1. The Morgan fingerprint density at radius 1 is 1.00 bits per heavy atom. The molecule has 0 rings (SSSR count). The number of rotatable bonds is 4. The van der Waals surface area contributed by atoms with E-state index in [1.165, 1.54) is 0 Å². The van der Waals surface area contributed by atoms with Crippen LogP contribution in [0.3, 0.4) is 0 Å². The van der Waals surface area contributed by atoms with E-state index in [0.717, 1.165) is 13.0 Å². The van der Waals surface area contributed by atoms with Crippen molar-refractivity contribution in [3.63, 3.8) is 0 Å². The van der Waals surface area contributed by atoms with Crippen LogP contribution in [0.1, 0.15) is 48.0 Å². The third-order valence-corrected chi connectivity index (χ3v) is 2.67. The summed E-state index contributed by atoms with van der Waals surface area (Å²) >= 11 is 0. The summed E-state index contributed by atoms with van der Waals surface area (Å²) in [6, 6.07) is 0. The predicted octanol–water partition coefficient (Wildman–Crippen LogP) is 2.73. The zero-order valence-corrected chi connectivity index (χ0v) is 11.4. The Hall–Kier alpha value is -0.0800. The summed E-state index contributed by atoms with van der Waals surface area (Å²) in [6.45, 7) is 13.7. The normalized spacial score (nSPS) is 12.4. The Bertz CT molecular complexity index is 137. The van der Waals surface area contributed by atoms with Crippen molar-refractivity contribution in [2.24, 2.45) is 11.1 Å². The topological polar surface area (TPSA) is 29.3 Å². The first-order valence-electron chi connectivity index (χ1n) is 5.59. The summed E-state index contributed by atoms with van der Waals surface area (Å²) in [5.74, 6) is 0. The monoisotopic (exact) mass is 202 g/mol. The van der Waals surface area contributed by atoms with Gasteiger partial charge in [-0.15, -0.1) is 0 Å². The quantitative estimate of drug-likeness (QED) is 0.759. The number of hydrogen-bond acceptors (Lipinski definition) is 2. The molecule has 0 saturated carbocycles. The molecule has 0 fully saturated rings. The zero-order chi connectivity index (χ0) is 12.0. The summed E-state index contributed by atoms with van der Waals surface area (Å²) < 4.78 is 0. The summed E-state index contributed by atoms with van der Waals surface area (Å²) in [5, 5.41) is 0. The van der Waals surface area contributed by atoms with Gasteiger partial charge >= 0.3 is 0 Å². The average molecular weight is 202 g/mol. The van der Waals surface area contributed by atoms with Crippen molar-refractivity contribution < 1.29 is 0 Å². The molecule has 0 heterocycles. The van der Waals surface area contributed by atoms with E-state index in [0.29, 0.717) is 0 Å². The Kier molecular flexibility index (Phi) is 7.49. The van der Waals surface area contributed by atoms with Crippen molar-refractivity contribution in [3.05, 3.63) is 0 Å². The van der Waals surface area contributed by atoms with Crippen molar-refractivity contribution in [2.75, 3.05) is 20.6 Å². The molecule has 0 spiro atoms. The van der Waals surface area contributed by atoms with Gasteiger partial charge in [0.2, 0.25) is 0 Å². The fraction of sp³-hybridized carbons (Fsp3) is 1.00. The van der Waals surface area contributed by atoms with Crippen LogP contribution in [-0.2, 0) is 0 Å². The van der Waals surface area contributed by atoms with Crippen molar-refractivity contribution in [3.8, 4) is 0 Å². The summed E-state index contributed by atoms with van der Waals surface area (Å²) in [4.78, 5) is 2.25. The molecule has 0 aromatic heterocycles. The summed E-state index contributed by atoms with van der Waals surface area (Å²) in [7, 11) is 4.24. The van der Waals surface area contributed by atoms with E-state index >= 15 is 0 Å². The maximum absolute atomic E-state index is 5.70. The smallest absolute Gasteiger partial charge is 0.0152 e. The second-order valence-corrected chi connectivity index (χ2v) is 5.25. The van der Waals surface area contributed by atoms with Crippen molar-refractivity contribution in [2.45, 2.75) is 53.5 Å². The molecule has 0 amide bonds. The Morgan fingerprint density at radius 3 is 1.57 bits per heavy atom. The van der Waals surface area contributed by atoms with E-state index < -0.39 is 0 Å². The molecule has 0 saturated heterocycles. The fourth-order valence-electron chi connectivity index (χ4n) is 1.40. The van der Waals surface area contributed by atoms with Crippen LogP contribution in [0.2, 0.25) is 0 Å². The molecule has 2 nitrogen and oxygen atoms in total. The molecule has 0 aliphatic rings. The molecule has 2 N–H and O–H groups in total. The fourth-order valence-corrected chi connectivity index (χ4v) is 1.40. The number of nitrogens with zero attached hydrogens (tertiary/aromatic N) is 1. The first-order valence-corrected chi connectivity index (χ1v) is 5.59. The van der Waals surface area contributed by atoms with E-state index in [-0.39, 0.29) is 11.0 Å². The first-order chi connectivity index (χ1) is 6.21. The van der Waals surface area contributed by atoms with Gasteiger partial charge in [0.1, 0.15) is 0 Å². The third-order valence-electron chi connectivity index (χ3n) is 2.67. The molecule has 0 radical (unpaired) electrons. The molecule has 88 valence electrons. The molecule has 0 aliphatic carbocycles. The van der Waals surface area contributed by atoms with Crippen LogP contribution in [0.25, 0.3) is 0 Å². The lowest BCUT2D eigenvalue weighted by Gasteiger charge is -2.39. The Labute approximate surface area is 90.9 Å². The molecule has 14 heavy (non-hydrogen) atoms. The third kappa shape index (κ3) is 6.39. The van der Waals surface area contributed by atoms with Crippen LogP contribution >= 0.6 is 0 Å². The largest absolute Gasteiger partial charge is 0.330 e. The van der Waals surface area contributed by atoms with E-state index in [2.05, 4.69) is 46.7 Å². The molecule has 0 aliphatic heterocycles. The van der Waals surface area contributed by atoms with Crippen LogP contribution in [0.5, 0.6) is 0 Å². The van der Waals surface area contributed by atoms with Gasteiger partial charge in [0.05, 0.1) is 0 Å². The highest BCUT2D eigenvalue weighted by molar-refractivity contribution is 4.85. The van der Waals surface area contributed by atoms with Gasteiger partial charge in [-0.3, -0.25) is 0 Å². The minimum Gasteiger partial charge on any atom is -0.330 e. The number of hydrogen-bond donors (Lipinski definition) is 1. The molecular weight excluding hydrogens is 172 g/mol. The Morgan fingerprint density at radius 2 is 1.36 bits per heavy atom. The lowest BCUT2D eigenvalue weighted by molar-refractivity contribution is 0.125. The van der Waals surface area contributed by atoms with Gasteiger partial charge < -0.3 is 10.6 Å². The molecule has 0 atom stereocenters. The van der Waals surface area contributed by atoms with E-state index in [1.807, 2.05) is 13.8 Å². The molecular formula is C12H30N2.